The van der Waals surface area contributed by atoms with Crippen LogP contribution in [0.25, 0.3) is 0 Å². The molecule has 2 nitrogen and oxygen atoms in total. The number of hydrazine groups is 1. The Hall–Kier alpha value is -0.340. The first-order valence-corrected chi connectivity index (χ1v) is 2.86. The highest BCUT2D eigenvalue weighted by Gasteiger charge is 1.87. The number of hydrogen-bond acceptors (Lipinski definition) is 2. The predicted octanol–water partition coefficient (Wildman–Crippen LogP) is 0.675. The molecule has 0 fully saturated rings. The van der Waals surface area contributed by atoms with Crippen molar-refractivity contribution in [3.8, 4) is 0 Å². The van der Waals surface area contributed by atoms with Crippen LogP contribution in [0.1, 0.15) is 13.8 Å². The Morgan fingerprint density at radius 3 is 2.50 bits per heavy atom. The lowest BCUT2D eigenvalue weighted by Crippen LogP contribution is -2.34. The van der Waals surface area contributed by atoms with Crippen molar-refractivity contribution < 1.29 is 0 Å². The van der Waals surface area contributed by atoms with E-state index in [9.17, 15) is 0 Å². The summed E-state index contributed by atoms with van der Waals surface area (Å²) < 4.78 is 0. The monoisotopic (exact) mass is 114 g/mol. The molecule has 2 heteroatoms. The van der Waals surface area contributed by atoms with Crippen LogP contribution < -0.4 is 10.9 Å². The third kappa shape index (κ3) is 3.84. The van der Waals surface area contributed by atoms with E-state index in [-0.39, 0.29) is 0 Å². The predicted molar refractivity (Wildman–Crippen MR) is 36.5 cm³/mol. The zero-order valence-electron chi connectivity index (χ0n) is 5.73. The molecule has 2 N–H and O–H groups in total. The highest BCUT2D eigenvalue weighted by molar-refractivity contribution is 4.86. The largest absolute Gasteiger partial charge is 0.260 e. The number of rotatable bonds is 3. The van der Waals surface area contributed by atoms with Gasteiger partial charge in [-0.2, -0.15) is 0 Å². The van der Waals surface area contributed by atoms with Gasteiger partial charge in [0.25, 0.3) is 0 Å². The fourth-order valence-corrected chi connectivity index (χ4v) is 0.564. The minimum atomic E-state index is 0.421. The van der Waals surface area contributed by atoms with E-state index in [0.29, 0.717) is 6.04 Å². The first-order valence-electron chi connectivity index (χ1n) is 2.86. The normalized spacial score (nSPS) is 14.9. The van der Waals surface area contributed by atoms with Crippen molar-refractivity contribution >= 4 is 0 Å². The zero-order chi connectivity index (χ0) is 6.41. The van der Waals surface area contributed by atoms with E-state index in [4.69, 9.17) is 0 Å². The topological polar surface area (TPSA) is 24.1 Å². The van der Waals surface area contributed by atoms with Crippen molar-refractivity contribution in [2.75, 3.05) is 7.05 Å². The second kappa shape index (κ2) is 4.81. The molecule has 0 spiro atoms. The Labute approximate surface area is 50.9 Å². The van der Waals surface area contributed by atoms with Gasteiger partial charge < -0.3 is 0 Å². The van der Waals surface area contributed by atoms with E-state index < -0.39 is 0 Å². The van der Waals surface area contributed by atoms with Gasteiger partial charge in [0.2, 0.25) is 0 Å². The van der Waals surface area contributed by atoms with Crippen molar-refractivity contribution in [2.24, 2.45) is 0 Å². The Morgan fingerprint density at radius 1 is 1.50 bits per heavy atom. The lowest BCUT2D eigenvalue weighted by molar-refractivity contribution is 0.552. The molecule has 48 valence electrons. The summed E-state index contributed by atoms with van der Waals surface area (Å²) in [6.45, 7) is 4.09. The molecular formula is C6H14N2. The Morgan fingerprint density at radius 2 is 2.12 bits per heavy atom. The molecular weight excluding hydrogens is 100 g/mol. The standard InChI is InChI=1S/C6H14N2/c1-4-5-6(2)8-7-3/h4-8H,1-3H3/b5-4-/t6-/m0/s1. The van der Waals surface area contributed by atoms with Crippen LogP contribution >= 0.6 is 0 Å². The van der Waals surface area contributed by atoms with Gasteiger partial charge in [-0.15, -0.1) is 0 Å². The molecule has 0 aromatic rings. The van der Waals surface area contributed by atoms with Gasteiger partial charge in [0.05, 0.1) is 0 Å². The molecule has 0 saturated carbocycles. The molecule has 0 saturated heterocycles. The van der Waals surface area contributed by atoms with Crippen molar-refractivity contribution in [3.05, 3.63) is 12.2 Å². The van der Waals surface area contributed by atoms with E-state index in [1.807, 2.05) is 20.0 Å². The molecule has 0 aliphatic heterocycles. The maximum atomic E-state index is 3.01. The maximum Gasteiger partial charge on any atom is 0.0364 e. The Balaban J connectivity index is 3.17. The molecule has 8 heavy (non-hydrogen) atoms. The number of allylic oxidation sites excluding steroid dienone is 1. The number of hydrogen-bond donors (Lipinski definition) is 2. The van der Waals surface area contributed by atoms with E-state index >= 15 is 0 Å². The maximum absolute atomic E-state index is 3.01. The molecule has 0 bridgehead atoms. The van der Waals surface area contributed by atoms with E-state index in [1.165, 1.54) is 0 Å². The van der Waals surface area contributed by atoms with Crippen LogP contribution in [0.4, 0.5) is 0 Å². The van der Waals surface area contributed by atoms with Crippen molar-refractivity contribution in [3.63, 3.8) is 0 Å². The fourth-order valence-electron chi connectivity index (χ4n) is 0.564. The van der Waals surface area contributed by atoms with Gasteiger partial charge in [0, 0.05) is 6.04 Å². The summed E-state index contributed by atoms with van der Waals surface area (Å²) in [5.74, 6) is 0. The molecule has 0 amide bonds. The molecule has 0 rings (SSSR count). The smallest absolute Gasteiger partial charge is 0.0364 e. The summed E-state index contributed by atoms with van der Waals surface area (Å²) in [6, 6.07) is 0.421. The van der Waals surface area contributed by atoms with E-state index in [2.05, 4.69) is 23.9 Å². The summed E-state index contributed by atoms with van der Waals surface area (Å²) in [5, 5.41) is 0. The highest BCUT2D eigenvalue weighted by Crippen LogP contribution is 1.79. The fraction of sp³-hybridized carbons (Fsp3) is 0.667. The zero-order valence-corrected chi connectivity index (χ0v) is 5.73. The van der Waals surface area contributed by atoms with Crippen LogP contribution in [0.15, 0.2) is 12.2 Å². The molecule has 0 aromatic heterocycles. The lowest BCUT2D eigenvalue weighted by Gasteiger charge is -2.05. The SMILES string of the molecule is C/C=C\[C@H](C)NNC. The van der Waals surface area contributed by atoms with Crippen LogP contribution in [0.5, 0.6) is 0 Å². The lowest BCUT2D eigenvalue weighted by atomic mass is 10.3. The van der Waals surface area contributed by atoms with E-state index in [0.717, 1.165) is 0 Å². The second-order valence-corrected chi connectivity index (χ2v) is 1.71. The molecule has 0 radical (unpaired) electrons. The summed E-state index contributed by atoms with van der Waals surface area (Å²) in [6.07, 6.45) is 4.10. The molecule has 0 aliphatic rings. The molecule has 0 aliphatic carbocycles. The van der Waals surface area contributed by atoms with Gasteiger partial charge in [0.15, 0.2) is 0 Å². The first kappa shape index (κ1) is 7.66. The van der Waals surface area contributed by atoms with Crippen molar-refractivity contribution in [2.45, 2.75) is 19.9 Å². The summed E-state index contributed by atoms with van der Waals surface area (Å²) >= 11 is 0. The first-order chi connectivity index (χ1) is 3.81. The third-order valence-corrected chi connectivity index (χ3v) is 0.853. The third-order valence-electron chi connectivity index (χ3n) is 0.853. The average molecular weight is 114 g/mol. The second-order valence-electron chi connectivity index (χ2n) is 1.71. The van der Waals surface area contributed by atoms with E-state index in [1.54, 1.807) is 0 Å². The van der Waals surface area contributed by atoms with Crippen LogP contribution in [0.3, 0.4) is 0 Å². The summed E-state index contributed by atoms with van der Waals surface area (Å²) in [4.78, 5) is 0. The minimum Gasteiger partial charge on any atom is -0.260 e. The molecule has 0 heterocycles. The van der Waals surface area contributed by atoms with Gasteiger partial charge in [-0.05, 0) is 20.9 Å². The van der Waals surface area contributed by atoms with Gasteiger partial charge in [0.1, 0.15) is 0 Å². The van der Waals surface area contributed by atoms with Gasteiger partial charge in [-0.1, -0.05) is 12.2 Å². The molecule has 0 unspecified atom stereocenters. The van der Waals surface area contributed by atoms with Crippen molar-refractivity contribution in [1.29, 1.82) is 0 Å². The van der Waals surface area contributed by atoms with Crippen LogP contribution in [0.2, 0.25) is 0 Å². The highest BCUT2D eigenvalue weighted by atomic mass is 15.3. The number of nitrogens with one attached hydrogen (secondary N) is 2. The van der Waals surface area contributed by atoms with Gasteiger partial charge in [-0.25, -0.2) is 0 Å². The summed E-state index contributed by atoms with van der Waals surface area (Å²) in [5.41, 5.74) is 5.86. The Bertz CT molecular complexity index is 68.9. The van der Waals surface area contributed by atoms with Crippen LogP contribution in [-0.2, 0) is 0 Å². The quantitative estimate of drug-likeness (QED) is 0.416. The van der Waals surface area contributed by atoms with Crippen molar-refractivity contribution in [1.82, 2.24) is 10.9 Å². The van der Waals surface area contributed by atoms with Gasteiger partial charge in [-0.3, -0.25) is 10.9 Å². The minimum absolute atomic E-state index is 0.421. The molecule has 0 aromatic carbocycles. The van der Waals surface area contributed by atoms with Crippen LogP contribution in [0, 0.1) is 0 Å². The average Bonchev–Trinajstić information content (AvgIpc) is 1.68. The van der Waals surface area contributed by atoms with Gasteiger partial charge >= 0.3 is 0 Å². The van der Waals surface area contributed by atoms with Crippen LogP contribution in [-0.4, -0.2) is 13.1 Å². The molecule has 1 atom stereocenters. The Kier molecular flexibility index (Phi) is 4.61. The summed E-state index contributed by atoms with van der Waals surface area (Å²) in [7, 11) is 1.86.